The third-order valence-corrected chi connectivity index (χ3v) is 7.12. The summed E-state index contributed by atoms with van der Waals surface area (Å²) >= 11 is 1.52. The Morgan fingerprint density at radius 2 is 2.03 bits per heavy atom. The summed E-state index contributed by atoms with van der Waals surface area (Å²) in [5, 5.41) is 12.0. The van der Waals surface area contributed by atoms with Gasteiger partial charge in [-0.1, -0.05) is 12.1 Å². The lowest BCUT2D eigenvalue weighted by molar-refractivity contribution is -0.385. The molecule has 1 amide bonds. The number of hydrogen-bond acceptors (Lipinski definition) is 7. The fourth-order valence-electron chi connectivity index (χ4n) is 3.49. The largest absolute Gasteiger partial charge is 0.329 e. The summed E-state index contributed by atoms with van der Waals surface area (Å²) in [7, 11) is -3.71. The number of nitro groups is 1. The van der Waals surface area contributed by atoms with Crippen LogP contribution in [-0.2, 0) is 9.84 Å². The second-order valence-electron chi connectivity index (χ2n) is 6.92. The molecule has 1 unspecified atom stereocenters. The van der Waals surface area contributed by atoms with Crippen molar-refractivity contribution in [3.63, 3.8) is 0 Å². The lowest BCUT2D eigenvalue weighted by atomic mass is 10.1. The fourth-order valence-corrected chi connectivity index (χ4v) is 5.28. The van der Waals surface area contributed by atoms with Crippen LogP contribution in [0.5, 0.6) is 0 Å². The van der Waals surface area contributed by atoms with Gasteiger partial charge < -0.3 is 4.90 Å². The molecule has 0 aliphatic carbocycles. The molecule has 3 aromatic rings. The molecule has 0 bridgehead atoms. The summed E-state index contributed by atoms with van der Waals surface area (Å²) in [5.74, 6) is -0.430. The molecule has 1 atom stereocenters. The first kappa shape index (κ1) is 19.5. The Labute approximate surface area is 170 Å². The van der Waals surface area contributed by atoms with Crippen LogP contribution in [0.4, 0.5) is 5.69 Å². The molecule has 0 N–H and O–H groups in total. The molecule has 1 aliphatic rings. The third-order valence-electron chi connectivity index (χ3n) is 4.89. The smallest absolute Gasteiger partial charge is 0.271 e. The Bertz CT molecular complexity index is 1200. The van der Waals surface area contributed by atoms with Crippen molar-refractivity contribution in [2.24, 2.45) is 0 Å². The molecule has 0 spiro atoms. The van der Waals surface area contributed by atoms with Crippen molar-refractivity contribution in [1.29, 1.82) is 0 Å². The van der Waals surface area contributed by atoms with Crippen LogP contribution >= 0.6 is 11.3 Å². The first-order valence-corrected chi connectivity index (χ1v) is 11.6. The Hall–Kier alpha value is -2.85. The molecule has 10 heteroatoms. The number of nitrogens with zero attached hydrogens (tertiary/aromatic N) is 3. The van der Waals surface area contributed by atoms with Crippen LogP contribution in [0.15, 0.2) is 47.4 Å². The number of para-hydroxylation sites is 1. The molecular weight excluding hydrogens is 414 g/mol. The van der Waals surface area contributed by atoms with Gasteiger partial charge >= 0.3 is 0 Å². The maximum atomic E-state index is 13.2. The van der Waals surface area contributed by atoms with E-state index < -0.39 is 26.4 Å². The number of benzene rings is 2. The van der Waals surface area contributed by atoms with Crippen LogP contribution < -0.4 is 0 Å². The zero-order valence-corrected chi connectivity index (χ0v) is 17.1. The average Bonchev–Trinajstić information content (AvgIpc) is 3.32. The number of aromatic nitrogens is 1. The minimum atomic E-state index is -3.71. The summed E-state index contributed by atoms with van der Waals surface area (Å²) in [6, 6.07) is 10.8. The number of amides is 1. The number of carbonyl (C=O) groups is 1. The minimum absolute atomic E-state index is 0.00682. The maximum Gasteiger partial charge on any atom is 0.271 e. The van der Waals surface area contributed by atoms with Crippen molar-refractivity contribution < 1.29 is 18.1 Å². The van der Waals surface area contributed by atoms with E-state index in [2.05, 4.69) is 4.98 Å². The minimum Gasteiger partial charge on any atom is -0.329 e. The van der Waals surface area contributed by atoms with Gasteiger partial charge in [0, 0.05) is 30.5 Å². The van der Waals surface area contributed by atoms with E-state index in [0.29, 0.717) is 6.54 Å². The van der Waals surface area contributed by atoms with Crippen LogP contribution in [0.3, 0.4) is 0 Å². The predicted octanol–water partition coefficient (Wildman–Crippen LogP) is 3.59. The van der Waals surface area contributed by atoms with E-state index in [0.717, 1.165) is 46.5 Å². The third kappa shape index (κ3) is 3.73. The quantitative estimate of drug-likeness (QED) is 0.461. The van der Waals surface area contributed by atoms with Crippen LogP contribution in [0, 0.1) is 10.1 Å². The molecule has 1 aliphatic heterocycles. The number of hydrogen-bond donors (Lipinski definition) is 0. The zero-order chi connectivity index (χ0) is 20.8. The van der Waals surface area contributed by atoms with E-state index in [4.69, 9.17) is 0 Å². The van der Waals surface area contributed by atoms with Crippen molar-refractivity contribution in [2.45, 2.75) is 23.8 Å². The van der Waals surface area contributed by atoms with Gasteiger partial charge in [-0.3, -0.25) is 14.9 Å². The number of rotatable bonds is 4. The predicted molar refractivity (Wildman–Crippen MR) is 109 cm³/mol. The number of sulfone groups is 1. The van der Waals surface area contributed by atoms with Crippen molar-refractivity contribution in [3.05, 3.63) is 63.1 Å². The number of fused-ring (bicyclic) bond motifs is 1. The van der Waals surface area contributed by atoms with Crippen LogP contribution in [0.25, 0.3) is 10.2 Å². The SMILES string of the molecule is CS(=O)(=O)c1cc(C(=O)N2CCCC2c2nc3ccccc3s2)cc([N+](=O)[O-])c1. The van der Waals surface area contributed by atoms with E-state index in [1.165, 1.54) is 17.4 Å². The summed E-state index contributed by atoms with van der Waals surface area (Å²) in [4.78, 5) is 29.8. The van der Waals surface area contributed by atoms with Gasteiger partial charge in [-0.2, -0.15) is 0 Å². The highest BCUT2D eigenvalue weighted by Gasteiger charge is 2.34. The summed E-state index contributed by atoms with van der Waals surface area (Å²) in [6.45, 7) is 0.482. The second kappa shape index (κ2) is 7.20. The monoisotopic (exact) mass is 431 g/mol. The number of carbonyl (C=O) groups excluding carboxylic acids is 1. The topological polar surface area (TPSA) is 110 Å². The van der Waals surface area contributed by atoms with Crippen molar-refractivity contribution in [1.82, 2.24) is 9.88 Å². The second-order valence-corrected chi connectivity index (χ2v) is 10.00. The molecule has 0 saturated carbocycles. The number of nitro benzene ring substituents is 1. The first-order chi connectivity index (χ1) is 13.7. The molecule has 1 aromatic heterocycles. The fraction of sp³-hybridized carbons (Fsp3) is 0.263. The molecule has 4 rings (SSSR count). The molecule has 2 heterocycles. The van der Waals surface area contributed by atoms with E-state index in [1.54, 1.807) is 4.90 Å². The van der Waals surface area contributed by atoms with Gasteiger partial charge in [0.25, 0.3) is 11.6 Å². The number of likely N-dealkylation sites (tertiary alicyclic amines) is 1. The van der Waals surface area contributed by atoms with Crippen LogP contribution in [-0.4, -0.2) is 41.9 Å². The van der Waals surface area contributed by atoms with Crippen LogP contribution in [0.2, 0.25) is 0 Å². The number of non-ortho nitro benzene ring substituents is 1. The van der Waals surface area contributed by atoms with E-state index in [1.807, 2.05) is 24.3 Å². The molecule has 0 radical (unpaired) electrons. The standard InChI is InChI=1S/C19H17N3O5S2/c1-29(26,27)14-10-12(9-13(11-14)22(24)25)19(23)21-8-4-6-16(21)18-20-15-5-2-3-7-17(15)28-18/h2-3,5,7,9-11,16H,4,6,8H2,1H3. The van der Waals surface area contributed by atoms with Gasteiger partial charge in [-0.15, -0.1) is 11.3 Å². The van der Waals surface area contributed by atoms with Gasteiger partial charge in [-0.05, 0) is 31.0 Å². The molecule has 29 heavy (non-hydrogen) atoms. The highest BCUT2D eigenvalue weighted by atomic mass is 32.2. The first-order valence-electron chi connectivity index (χ1n) is 8.90. The van der Waals surface area contributed by atoms with Crippen molar-refractivity contribution >= 4 is 43.0 Å². The van der Waals surface area contributed by atoms with Crippen molar-refractivity contribution in [3.8, 4) is 0 Å². The number of thiazole rings is 1. The highest BCUT2D eigenvalue weighted by molar-refractivity contribution is 7.90. The molecule has 2 aromatic carbocycles. The zero-order valence-electron chi connectivity index (χ0n) is 15.4. The van der Waals surface area contributed by atoms with Crippen molar-refractivity contribution in [2.75, 3.05) is 12.8 Å². The van der Waals surface area contributed by atoms with Gasteiger partial charge in [0.1, 0.15) is 5.01 Å². The van der Waals surface area contributed by atoms with Gasteiger partial charge in [0.05, 0.1) is 26.1 Å². The Morgan fingerprint density at radius 3 is 2.72 bits per heavy atom. The van der Waals surface area contributed by atoms with E-state index in [9.17, 15) is 23.3 Å². The summed E-state index contributed by atoms with van der Waals surface area (Å²) in [5.41, 5.74) is 0.432. The lowest BCUT2D eigenvalue weighted by Gasteiger charge is -2.23. The van der Waals surface area contributed by atoms with Gasteiger partial charge in [0.2, 0.25) is 0 Å². The Balaban J connectivity index is 1.73. The highest BCUT2D eigenvalue weighted by Crippen LogP contribution is 2.37. The molecule has 1 saturated heterocycles. The molecule has 1 fully saturated rings. The molecular formula is C19H17N3O5S2. The molecule has 150 valence electrons. The van der Waals surface area contributed by atoms with Gasteiger partial charge in [0.15, 0.2) is 9.84 Å². The van der Waals surface area contributed by atoms with E-state index in [-0.39, 0.29) is 16.5 Å². The Morgan fingerprint density at radius 1 is 1.28 bits per heavy atom. The van der Waals surface area contributed by atoms with E-state index >= 15 is 0 Å². The summed E-state index contributed by atoms with van der Waals surface area (Å²) in [6.07, 6.45) is 2.47. The van der Waals surface area contributed by atoms with Gasteiger partial charge in [-0.25, -0.2) is 13.4 Å². The normalized spacial score (nSPS) is 17.0. The van der Waals surface area contributed by atoms with Crippen LogP contribution in [0.1, 0.15) is 34.2 Å². The Kier molecular flexibility index (Phi) is 4.83. The molecule has 8 nitrogen and oxygen atoms in total. The lowest BCUT2D eigenvalue weighted by Crippen LogP contribution is -2.30. The summed E-state index contributed by atoms with van der Waals surface area (Å²) < 4.78 is 24.9. The average molecular weight is 431 g/mol. The maximum absolute atomic E-state index is 13.2.